The van der Waals surface area contributed by atoms with Gasteiger partial charge >= 0.3 is 5.97 Å². The predicted molar refractivity (Wildman–Crippen MR) is 70.3 cm³/mol. The molecule has 4 heteroatoms. The van der Waals surface area contributed by atoms with Crippen LogP contribution >= 0.6 is 0 Å². The quantitative estimate of drug-likeness (QED) is 0.743. The maximum Gasteiger partial charge on any atom is 0.303 e. The number of rotatable bonds is 8. The molecule has 0 heterocycles. The number of hydrogen-bond acceptors (Lipinski definition) is 3. The summed E-state index contributed by atoms with van der Waals surface area (Å²) in [6.07, 6.45) is 0.852. The molecule has 1 aromatic carbocycles. The molecule has 1 rings (SSSR count). The first-order valence-corrected chi connectivity index (χ1v) is 6.13. The average molecular weight is 251 g/mol. The third kappa shape index (κ3) is 5.80. The fourth-order valence-corrected chi connectivity index (χ4v) is 1.73. The molecule has 0 saturated carbocycles. The summed E-state index contributed by atoms with van der Waals surface area (Å²) in [6, 6.07) is 8.39. The first-order chi connectivity index (χ1) is 8.61. The minimum Gasteiger partial charge on any atom is -0.481 e. The van der Waals surface area contributed by atoms with Gasteiger partial charge in [0.2, 0.25) is 0 Å². The minimum absolute atomic E-state index is 0.201. The molecule has 0 aliphatic heterocycles. The Morgan fingerprint density at radius 3 is 2.83 bits per heavy atom. The fourth-order valence-electron chi connectivity index (χ4n) is 1.73. The second-order valence-corrected chi connectivity index (χ2v) is 4.47. The van der Waals surface area contributed by atoms with Crippen LogP contribution in [0.4, 0.5) is 0 Å². The number of hydrogen-bond donors (Lipinski definition) is 2. The third-order valence-electron chi connectivity index (χ3n) is 2.75. The summed E-state index contributed by atoms with van der Waals surface area (Å²) in [7, 11) is 1.68. The van der Waals surface area contributed by atoms with E-state index in [9.17, 15) is 4.79 Å². The van der Waals surface area contributed by atoms with E-state index in [1.807, 2.05) is 19.1 Å². The summed E-state index contributed by atoms with van der Waals surface area (Å²) in [5.41, 5.74) is 2.33. The van der Waals surface area contributed by atoms with Crippen molar-refractivity contribution in [3.8, 4) is 0 Å². The van der Waals surface area contributed by atoms with Crippen LogP contribution in [0, 0.1) is 0 Å². The van der Waals surface area contributed by atoms with Crippen LogP contribution in [0.25, 0.3) is 0 Å². The summed E-state index contributed by atoms with van der Waals surface area (Å²) >= 11 is 0. The molecule has 0 bridgehead atoms. The summed E-state index contributed by atoms with van der Waals surface area (Å²) in [5, 5.41) is 11.9. The monoisotopic (exact) mass is 251 g/mol. The topological polar surface area (TPSA) is 58.6 Å². The Hall–Kier alpha value is -1.39. The zero-order valence-electron chi connectivity index (χ0n) is 11.0. The van der Waals surface area contributed by atoms with Crippen molar-refractivity contribution in [2.24, 2.45) is 0 Å². The van der Waals surface area contributed by atoms with Gasteiger partial charge in [0.1, 0.15) is 0 Å². The number of ether oxygens (including phenoxy) is 1. The molecule has 0 radical (unpaired) electrons. The molecule has 2 N–H and O–H groups in total. The molecule has 0 amide bonds. The Balaban J connectivity index is 2.38. The smallest absolute Gasteiger partial charge is 0.303 e. The zero-order valence-corrected chi connectivity index (χ0v) is 11.0. The van der Waals surface area contributed by atoms with Crippen LogP contribution in [0.15, 0.2) is 24.3 Å². The predicted octanol–water partition coefficient (Wildman–Crippen LogP) is 2.18. The number of carboxylic acids is 1. The highest BCUT2D eigenvalue weighted by Gasteiger charge is 2.05. The van der Waals surface area contributed by atoms with Gasteiger partial charge in [0.15, 0.2) is 0 Å². The molecule has 4 nitrogen and oxygen atoms in total. The summed E-state index contributed by atoms with van der Waals surface area (Å²) in [5.74, 6) is -0.745. The van der Waals surface area contributed by atoms with E-state index in [4.69, 9.17) is 9.84 Å². The van der Waals surface area contributed by atoms with Gasteiger partial charge in [-0.2, -0.15) is 0 Å². The number of methoxy groups -OCH3 is 1. The molecule has 1 atom stereocenters. The highest BCUT2D eigenvalue weighted by atomic mass is 16.5. The maximum atomic E-state index is 10.5. The SMILES string of the molecule is COCc1cccc(CNC(C)CCC(=O)O)c1. The Kier molecular flexibility index (Phi) is 6.39. The Morgan fingerprint density at radius 2 is 2.17 bits per heavy atom. The van der Waals surface area contributed by atoms with Gasteiger partial charge in [-0.25, -0.2) is 0 Å². The largest absolute Gasteiger partial charge is 0.481 e. The number of aliphatic carboxylic acids is 1. The summed E-state index contributed by atoms with van der Waals surface area (Å²) < 4.78 is 5.09. The Labute approximate surface area is 108 Å². The van der Waals surface area contributed by atoms with Gasteiger partial charge in [-0.3, -0.25) is 4.79 Å². The second kappa shape index (κ2) is 7.84. The van der Waals surface area contributed by atoms with Gasteiger partial charge in [0.05, 0.1) is 6.61 Å². The van der Waals surface area contributed by atoms with Crippen molar-refractivity contribution in [2.45, 2.75) is 39.0 Å². The molecule has 100 valence electrons. The van der Waals surface area contributed by atoms with Crippen molar-refractivity contribution in [1.82, 2.24) is 5.32 Å². The Bertz CT molecular complexity index is 379. The first kappa shape index (κ1) is 14.7. The van der Waals surface area contributed by atoms with Crippen molar-refractivity contribution < 1.29 is 14.6 Å². The van der Waals surface area contributed by atoms with Gasteiger partial charge in [-0.15, -0.1) is 0 Å². The lowest BCUT2D eigenvalue weighted by atomic mass is 10.1. The van der Waals surface area contributed by atoms with E-state index in [0.29, 0.717) is 13.0 Å². The molecular weight excluding hydrogens is 230 g/mol. The minimum atomic E-state index is -0.745. The molecule has 0 aliphatic carbocycles. The highest BCUT2D eigenvalue weighted by Crippen LogP contribution is 2.07. The van der Waals surface area contributed by atoms with Crippen LogP contribution < -0.4 is 5.32 Å². The lowest BCUT2D eigenvalue weighted by molar-refractivity contribution is -0.137. The van der Waals surface area contributed by atoms with Gasteiger partial charge in [-0.05, 0) is 24.5 Å². The standard InChI is InChI=1S/C14H21NO3/c1-11(6-7-14(16)17)15-9-12-4-3-5-13(8-12)10-18-2/h3-5,8,11,15H,6-7,9-10H2,1-2H3,(H,16,17). The fraction of sp³-hybridized carbons (Fsp3) is 0.500. The van der Waals surface area contributed by atoms with E-state index >= 15 is 0 Å². The number of carboxylic acid groups (broad SMARTS) is 1. The first-order valence-electron chi connectivity index (χ1n) is 6.13. The van der Waals surface area contributed by atoms with E-state index in [0.717, 1.165) is 12.1 Å². The van der Waals surface area contributed by atoms with Crippen LogP contribution in [-0.4, -0.2) is 24.2 Å². The lowest BCUT2D eigenvalue weighted by Gasteiger charge is -2.13. The van der Waals surface area contributed by atoms with Crippen molar-refractivity contribution in [3.05, 3.63) is 35.4 Å². The number of benzene rings is 1. The lowest BCUT2D eigenvalue weighted by Crippen LogP contribution is -2.26. The van der Waals surface area contributed by atoms with E-state index < -0.39 is 5.97 Å². The van der Waals surface area contributed by atoms with Crippen molar-refractivity contribution in [3.63, 3.8) is 0 Å². The molecule has 0 aromatic heterocycles. The van der Waals surface area contributed by atoms with Crippen LogP contribution in [0.3, 0.4) is 0 Å². The second-order valence-electron chi connectivity index (χ2n) is 4.47. The van der Waals surface area contributed by atoms with Crippen molar-refractivity contribution in [2.75, 3.05) is 7.11 Å². The van der Waals surface area contributed by atoms with E-state index in [1.165, 1.54) is 5.56 Å². The van der Waals surface area contributed by atoms with E-state index in [2.05, 4.69) is 17.4 Å². The van der Waals surface area contributed by atoms with Gasteiger partial charge in [-0.1, -0.05) is 24.3 Å². The normalized spacial score (nSPS) is 12.3. The van der Waals surface area contributed by atoms with Crippen LogP contribution in [-0.2, 0) is 22.7 Å². The van der Waals surface area contributed by atoms with Crippen LogP contribution in [0.5, 0.6) is 0 Å². The molecule has 18 heavy (non-hydrogen) atoms. The Morgan fingerprint density at radius 1 is 1.44 bits per heavy atom. The van der Waals surface area contributed by atoms with Crippen LogP contribution in [0.1, 0.15) is 30.9 Å². The third-order valence-corrected chi connectivity index (χ3v) is 2.75. The van der Waals surface area contributed by atoms with Gasteiger partial charge < -0.3 is 15.2 Å². The van der Waals surface area contributed by atoms with Crippen LogP contribution in [0.2, 0.25) is 0 Å². The molecular formula is C14H21NO3. The van der Waals surface area contributed by atoms with Gasteiger partial charge in [0, 0.05) is 26.1 Å². The van der Waals surface area contributed by atoms with E-state index in [-0.39, 0.29) is 12.5 Å². The van der Waals surface area contributed by atoms with Crippen molar-refractivity contribution >= 4 is 5.97 Å². The van der Waals surface area contributed by atoms with Gasteiger partial charge in [0.25, 0.3) is 0 Å². The summed E-state index contributed by atoms with van der Waals surface area (Å²) in [4.78, 5) is 10.5. The highest BCUT2D eigenvalue weighted by molar-refractivity contribution is 5.66. The molecule has 0 spiro atoms. The molecule has 1 unspecified atom stereocenters. The number of nitrogens with one attached hydrogen (secondary N) is 1. The van der Waals surface area contributed by atoms with Crippen molar-refractivity contribution in [1.29, 1.82) is 0 Å². The molecule has 1 aromatic rings. The molecule has 0 fully saturated rings. The zero-order chi connectivity index (χ0) is 13.4. The number of carbonyl (C=O) groups is 1. The average Bonchev–Trinajstić information content (AvgIpc) is 2.35. The molecule has 0 saturated heterocycles. The molecule has 0 aliphatic rings. The summed E-state index contributed by atoms with van der Waals surface area (Å²) in [6.45, 7) is 3.36. The maximum absolute atomic E-state index is 10.5. The van der Waals surface area contributed by atoms with E-state index in [1.54, 1.807) is 7.11 Å².